The summed E-state index contributed by atoms with van der Waals surface area (Å²) in [5.41, 5.74) is 0. The van der Waals surface area contributed by atoms with Gasteiger partial charge in [-0.3, -0.25) is 0 Å². The Kier molecular flexibility index (Phi) is 23.5. The van der Waals surface area contributed by atoms with Crippen molar-refractivity contribution in [2.45, 2.75) is 129 Å². The van der Waals surface area contributed by atoms with E-state index in [0.29, 0.717) is 0 Å². The molecule has 0 rings (SSSR count). The number of allylic oxidation sites excluding steroid dienone is 6. The summed E-state index contributed by atoms with van der Waals surface area (Å²) in [7, 11) is 0. The van der Waals surface area contributed by atoms with Crippen LogP contribution in [0.15, 0.2) is 36.5 Å². The van der Waals surface area contributed by atoms with Gasteiger partial charge >= 0.3 is 0 Å². The zero-order valence-electron chi connectivity index (χ0n) is 18.2. The molecule has 0 aromatic heterocycles. The quantitative estimate of drug-likeness (QED) is 0.150. The van der Waals surface area contributed by atoms with Crippen LogP contribution in [0.25, 0.3) is 0 Å². The Labute approximate surface area is 166 Å². The van der Waals surface area contributed by atoms with Gasteiger partial charge in [-0.15, -0.1) is 0 Å². The molecular weight excluding hydrogens is 312 g/mol. The second kappa shape index (κ2) is 24.2. The van der Waals surface area contributed by atoms with Crippen molar-refractivity contribution in [1.82, 2.24) is 0 Å². The van der Waals surface area contributed by atoms with E-state index >= 15 is 0 Å². The van der Waals surface area contributed by atoms with Crippen molar-refractivity contribution in [3.63, 3.8) is 0 Å². The molecule has 0 aliphatic heterocycles. The average molecular weight is 361 g/mol. The molecule has 0 fully saturated rings. The first kappa shape index (κ1) is 25.2. The lowest BCUT2D eigenvalue weighted by Gasteiger charge is -2.02. The van der Waals surface area contributed by atoms with Crippen molar-refractivity contribution in [3.8, 4) is 0 Å². The Morgan fingerprint density at radius 3 is 0.846 bits per heavy atom. The largest absolute Gasteiger partial charge is 0.0917 e. The van der Waals surface area contributed by atoms with E-state index in [1.54, 1.807) is 0 Å². The van der Waals surface area contributed by atoms with Crippen LogP contribution >= 0.6 is 0 Å². The second-order valence-electron chi connectivity index (χ2n) is 7.71. The van der Waals surface area contributed by atoms with Gasteiger partial charge in [0.25, 0.3) is 0 Å². The topological polar surface area (TPSA) is 0 Å². The lowest BCUT2D eigenvalue weighted by molar-refractivity contribution is 0.542. The van der Waals surface area contributed by atoms with Gasteiger partial charge < -0.3 is 0 Å². The first-order valence-electron chi connectivity index (χ1n) is 11.8. The van der Waals surface area contributed by atoms with E-state index in [0.717, 1.165) is 0 Å². The van der Waals surface area contributed by atoms with Crippen molar-refractivity contribution in [3.05, 3.63) is 36.5 Å². The monoisotopic (exact) mass is 360 g/mol. The fraction of sp³-hybridized carbons (Fsp3) is 0.769. The predicted octanol–water partition coefficient (Wildman–Crippen LogP) is 9.72. The molecule has 0 radical (unpaired) electrons. The minimum absolute atomic E-state index is 1.25. The molecule has 0 saturated carbocycles. The van der Waals surface area contributed by atoms with Crippen molar-refractivity contribution < 1.29 is 0 Å². The van der Waals surface area contributed by atoms with Gasteiger partial charge in [-0.2, -0.15) is 0 Å². The molecule has 0 nitrogen and oxygen atoms in total. The molecule has 0 heteroatoms. The molecule has 0 spiro atoms. The number of hydrogen-bond donors (Lipinski definition) is 0. The molecule has 0 atom stereocenters. The summed E-state index contributed by atoms with van der Waals surface area (Å²) < 4.78 is 0. The molecule has 26 heavy (non-hydrogen) atoms. The fourth-order valence-corrected chi connectivity index (χ4v) is 3.39. The molecule has 0 aliphatic carbocycles. The van der Waals surface area contributed by atoms with Crippen LogP contribution in [0.5, 0.6) is 0 Å². The summed E-state index contributed by atoms with van der Waals surface area (Å²) in [5, 5.41) is 0. The van der Waals surface area contributed by atoms with Gasteiger partial charge in [-0.1, -0.05) is 101 Å². The van der Waals surface area contributed by atoms with Crippen LogP contribution in [-0.4, -0.2) is 0 Å². The highest BCUT2D eigenvalue weighted by Crippen LogP contribution is 2.13. The third-order valence-corrected chi connectivity index (χ3v) is 5.12. The van der Waals surface area contributed by atoms with Crippen LogP contribution in [0.4, 0.5) is 0 Å². The van der Waals surface area contributed by atoms with Crippen molar-refractivity contribution in [2.24, 2.45) is 0 Å². The van der Waals surface area contributed by atoms with Crippen LogP contribution in [0, 0.1) is 0 Å². The SMILES string of the molecule is CC=CCCCCC=CCCCCCCCCCCCCCCC=CC. The standard InChI is InChI=1S/C26H48/c1-3-5-7-9-11-13-15-17-19-21-23-25-26-24-22-20-18-16-14-12-10-8-6-4-2/h3-6,15,17H,7-14,16,18-26H2,1-2H3. The Balaban J connectivity index is 3.06. The highest BCUT2D eigenvalue weighted by atomic mass is 14.0. The van der Waals surface area contributed by atoms with Gasteiger partial charge in [-0.05, 0) is 65.2 Å². The highest BCUT2D eigenvalue weighted by molar-refractivity contribution is 4.82. The summed E-state index contributed by atoms with van der Waals surface area (Å²) in [6.07, 6.45) is 38.8. The molecule has 0 unspecified atom stereocenters. The maximum absolute atomic E-state index is 2.41. The third kappa shape index (κ3) is 23.2. The fourth-order valence-electron chi connectivity index (χ4n) is 3.39. The summed E-state index contributed by atoms with van der Waals surface area (Å²) in [6, 6.07) is 0. The third-order valence-electron chi connectivity index (χ3n) is 5.12. The molecule has 0 amide bonds. The molecule has 152 valence electrons. The Bertz CT molecular complexity index is 321. The summed E-state index contributed by atoms with van der Waals surface area (Å²) >= 11 is 0. The van der Waals surface area contributed by atoms with Crippen LogP contribution in [0.2, 0.25) is 0 Å². The smallest absolute Gasteiger partial charge is 0.0351 e. The highest BCUT2D eigenvalue weighted by Gasteiger charge is 1.93. The lowest BCUT2D eigenvalue weighted by Crippen LogP contribution is -1.83. The second-order valence-corrected chi connectivity index (χ2v) is 7.71. The zero-order chi connectivity index (χ0) is 19.0. The van der Waals surface area contributed by atoms with E-state index in [2.05, 4.69) is 50.3 Å². The first-order chi connectivity index (χ1) is 12.9. The van der Waals surface area contributed by atoms with E-state index in [-0.39, 0.29) is 0 Å². The number of rotatable bonds is 20. The Morgan fingerprint density at radius 2 is 0.538 bits per heavy atom. The van der Waals surface area contributed by atoms with E-state index in [4.69, 9.17) is 0 Å². The molecule has 0 aromatic carbocycles. The molecule has 0 saturated heterocycles. The van der Waals surface area contributed by atoms with Crippen molar-refractivity contribution in [2.75, 3.05) is 0 Å². The average Bonchev–Trinajstić information content (AvgIpc) is 2.66. The van der Waals surface area contributed by atoms with Crippen LogP contribution in [0.1, 0.15) is 129 Å². The van der Waals surface area contributed by atoms with Crippen molar-refractivity contribution >= 4 is 0 Å². The van der Waals surface area contributed by atoms with Gasteiger partial charge in [0, 0.05) is 0 Å². The molecule has 0 aromatic rings. The van der Waals surface area contributed by atoms with Crippen molar-refractivity contribution in [1.29, 1.82) is 0 Å². The van der Waals surface area contributed by atoms with Gasteiger partial charge in [0.05, 0.1) is 0 Å². The predicted molar refractivity (Wildman–Crippen MR) is 122 cm³/mol. The molecule has 0 heterocycles. The molecular formula is C26H48. The zero-order valence-corrected chi connectivity index (χ0v) is 18.2. The maximum atomic E-state index is 2.41. The summed E-state index contributed by atoms with van der Waals surface area (Å²) in [5.74, 6) is 0. The van der Waals surface area contributed by atoms with Gasteiger partial charge in [0.2, 0.25) is 0 Å². The van der Waals surface area contributed by atoms with E-state index in [1.165, 1.54) is 116 Å². The molecule has 0 bridgehead atoms. The van der Waals surface area contributed by atoms with Gasteiger partial charge in [-0.25, -0.2) is 0 Å². The molecule has 0 aliphatic rings. The van der Waals surface area contributed by atoms with Crippen LogP contribution in [0.3, 0.4) is 0 Å². The van der Waals surface area contributed by atoms with Gasteiger partial charge in [0.15, 0.2) is 0 Å². The Hall–Kier alpha value is -0.780. The maximum Gasteiger partial charge on any atom is -0.0351 e. The van der Waals surface area contributed by atoms with Crippen LogP contribution in [-0.2, 0) is 0 Å². The van der Waals surface area contributed by atoms with Crippen LogP contribution < -0.4 is 0 Å². The summed E-state index contributed by atoms with van der Waals surface area (Å²) in [4.78, 5) is 0. The minimum atomic E-state index is 1.25. The lowest BCUT2D eigenvalue weighted by atomic mass is 10.0. The van der Waals surface area contributed by atoms with E-state index in [1.807, 2.05) is 0 Å². The van der Waals surface area contributed by atoms with E-state index in [9.17, 15) is 0 Å². The first-order valence-corrected chi connectivity index (χ1v) is 11.8. The summed E-state index contributed by atoms with van der Waals surface area (Å²) in [6.45, 7) is 4.22. The number of hydrogen-bond acceptors (Lipinski definition) is 0. The van der Waals surface area contributed by atoms with Gasteiger partial charge in [0.1, 0.15) is 0 Å². The minimum Gasteiger partial charge on any atom is -0.0917 e. The molecule has 0 N–H and O–H groups in total. The van der Waals surface area contributed by atoms with E-state index < -0.39 is 0 Å². The normalized spacial score (nSPS) is 12.2. The Morgan fingerprint density at radius 1 is 0.308 bits per heavy atom. The number of unbranched alkanes of at least 4 members (excludes halogenated alkanes) is 16.